The van der Waals surface area contributed by atoms with Crippen molar-refractivity contribution in [2.45, 2.75) is 77.7 Å². The van der Waals surface area contributed by atoms with Gasteiger partial charge in [0, 0.05) is 41.5 Å². The molecule has 2 aromatic heterocycles. The molecule has 1 spiro atoms. The molecule has 1 aliphatic heterocycles. The van der Waals surface area contributed by atoms with Crippen LogP contribution in [0, 0.1) is 24.1 Å². The normalized spacial score (nSPS) is 19.3. The molecule has 2 atom stereocenters. The zero-order chi connectivity index (χ0) is 27.6. The van der Waals surface area contributed by atoms with E-state index in [4.69, 9.17) is 0 Å². The number of unbranched alkanes of at least 4 members (excludes halogenated alkanes) is 2. The van der Waals surface area contributed by atoms with Gasteiger partial charge in [0.1, 0.15) is 17.4 Å². The smallest absolute Gasteiger partial charge is 0.224 e. The molecule has 2 aliphatic rings. The van der Waals surface area contributed by atoms with E-state index in [-0.39, 0.29) is 34.9 Å². The predicted molar refractivity (Wildman–Crippen MR) is 151 cm³/mol. The van der Waals surface area contributed by atoms with Crippen molar-refractivity contribution in [3.8, 4) is 11.3 Å². The molecule has 8 heteroatoms. The lowest BCUT2D eigenvalue weighted by atomic mass is 9.91. The number of likely N-dealkylation sites (tertiary alicyclic amines) is 1. The summed E-state index contributed by atoms with van der Waals surface area (Å²) < 4.78 is 15.1. The number of Topliss-reactive ketones (excluding diaryl/α,β-unsaturated/α-hetero) is 1. The van der Waals surface area contributed by atoms with Crippen LogP contribution < -0.4 is 5.32 Å². The summed E-state index contributed by atoms with van der Waals surface area (Å²) in [6.07, 6.45) is 9.27. The molecule has 2 N–H and O–H groups in total. The van der Waals surface area contributed by atoms with Crippen molar-refractivity contribution in [1.29, 1.82) is 0 Å². The van der Waals surface area contributed by atoms with Crippen LogP contribution in [-0.4, -0.2) is 51.7 Å². The van der Waals surface area contributed by atoms with Gasteiger partial charge < -0.3 is 15.2 Å². The molecule has 0 bridgehead atoms. The van der Waals surface area contributed by atoms with Crippen LogP contribution in [0.5, 0.6) is 0 Å². The van der Waals surface area contributed by atoms with Crippen LogP contribution in [0.4, 0.5) is 4.39 Å². The Morgan fingerprint density at radius 2 is 2.00 bits per heavy atom. The average molecular weight is 534 g/mol. The van der Waals surface area contributed by atoms with E-state index >= 15 is 4.39 Å². The van der Waals surface area contributed by atoms with E-state index in [2.05, 4.69) is 32.2 Å². The molecule has 7 nitrogen and oxygen atoms in total. The molecule has 1 aliphatic carbocycles. The van der Waals surface area contributed by atoms with Crippen LogP contribution in [-0.2, 0) is 9.59 Å². The van der Waals surface area contributed by atoms with Gasteiger partial charge in [0.2, 0.25) is 5.91 Å². The molecule has 0 radical (unpaired) electrons. The van der Waals surface area contributed by atoms with Crippen LogP contribution in [0.3, 0.4) is 0 Å². The summed E-state index contributed by atoms with van der Waals surface area (Å²) in [5.74, 6) is 0.721. The second-order valence-electron chi connectivity index (χ2n) is 11.6. The summed E-state index contributed by atoms with van der Waals surface area (Å²) in [4.78, 5) is 39.7. The molecule has 3 heterocycles. The van der Waals surface area contributed by atoms with Crippen molar-refractivity contribution in [1.82, 2.24) is 25.2 Å². The Morgan fingerprint density at radius 1 is 1.21 bits per heavy atom. The molecule has 39 heavy (non-hydrogen) atoms. The van der Waals surface area contributed by atoms with Gasteiger partial charge in [-0.3, -0.25) is 14.6 Å². The number of ketones is 1. The van der Waals surface area contributed by atoms with Gasteiger partial charge in [-0.25, -0.2) is 9.37 Å². The highest BCUT2D eigenvalue weighted by Crippen LogP contribution is 2.59. The summed E-state index contributed by atoms with van der Waals surface area (Å²) >= 11 is 0. The van der Waals surface area contributed by atoms with E-state index in [1.54, 1.807) is 12.3 Å². The van der Waals surface area contributed by atoms with E-state index in [1.807, 2.05) is 26.0 Å². The minimum absolute atomic E-state index is 0.0548. The number of hydrogen-bond donors (Lipinski definition) is 2. The third kappa shape index (κ3) is 6.21. The number of piperidine rings is 1. The summed E-state index contributed by atoms with van der Waals surface area (Å²) in [5.41, 5.74) is 2.62. The highest BCUT2D eigenvalue weighted by molar-refractivity contribution is 5.85. The predicted octanol–water partition coefficient (Wildman–Crippen LogP) is 5.89. The maximum absolute atomic E-state index is 15.1. The van der Waals surface area contributed by atoms with Crippen LogP contribution in [0.15, 0.2) is 30.5 Å². The van der Waals surface area contributed by atoms with E-state index in [0.717, 1.165) is 62.7 Å². The van der Waals surface area contributed by atoms with Crippen LogP contribution in [0.2, 0.25) is 0 Å². The Balaban J connectivity index is 1.31. The minimum Gasteiger partial charge on any atom is -0.346 e. The van der Waals surface area contributed by atoms with Crippen LogP contribution >= 0.6 is 0 Å². The van der Waals surface area contributed by atoms with E-state index < -0.39 is 0 Å². The number of H-pyrrole nitrogens is 1. The number of aromatic nitrogens is 3. The first kappa shape index (κ1) is 27.4. The molecular formula is C31H40FN5O2. The van der Waals surface area contributed by atoms with Crippen molar-refractivity contribution < 1.29 is 14.0 Å². The summed E-state index contributed by atoms with van der Waals surface area (Å²) in [6.45, 7) is 5.86. The number of halogens is 1. The molecule has 3 aromatic rings. The Hall–Kier alpha value is -3.13. The minimum atomic E-state index is -0.362. The number of pyridine rings is 1. The lowest BCUT2D eigenvalue weighted by Gasteiger charge is -2.30. The zero-order valence-electron chi connectivity index (χ0n) is 23.4. The van der Waals surface area contributed by atoms with Crippen LogP contribution in [0.1, 0.15) is 82.3 Å². The van der Waals surface area contributed by atoms with Gasteiger partial charge in [0.05, 0.1) is 23.4 Å². The number of hydrogen-bond acceptors (Lipinski definition) is 5. The van der Waals surface area contributed by atoms with Crippen molar-refractivity contribution >= 4 is 22.6 Å². The number of benzene rings is 1. The number of imidazole rings is 1. The van der Waals surface area contributed by atoms with Crippen molar-refractivity contribution in [3.63, 3.8) is 0 Å². The second kappa shape index (κ2) is 11.5. The lowest BCUT2D eigenvalue weighted by Crippen LogP contribution is -2.36. The van der Waals surface area contributed by atoms with Crippen LogP contribution in [0.25, 0.3) is 22.2 Å². The molecular weight excluding hydrogens is 493 g/mol. The number of carbonyl (C=O) groups is 2. The SMILES string of the molecule is CCC(=O)CCCCC[C@H](NC(=O)C1CC12CCN(C)CC2)c1ncc(-c2cc3ccc(C)nc3cc2F)[nH]1. The summed E-state index contributed by atoms with van der Waals surface area (Å²) in [5, 5.41) is 4.15. The first-order chi connectivity index (χ1) is 18.8. The fourth-order valence-electron chi connectivity index (χ4n) is 6.01. The Labute approximate surface area is 230 Å². The number of fused-ring (bicyclic) bond motifs is 1. The van der Waals surface area contributed by atoms with Gasteiger partial charge in [0.25, 0.3) is 0 Å². The number of amides is 1. The number of nitrogens with zero attached hydrogens (tertiary/aromatic N) is 3. The van der Waals surface area contributed by atoms with Gasteiger partial charge >= 0.3 is 0 Å². The summed E-state index contributed by atoms with van der Waals surface area (Å²) in [6, 6.07) is 6.82. The first-order valence-corrected chi connectivity index (χ1v) is 14.4. The summed E-state index contributed by atoms with van der Waals surface area (Å²) in [7, 11) is 2.14. The molecule has 2 fully saturated rings. The number of aryl methyl sites for hydroxylation is 1. The largest absolute Gasteiger partial charge is 0.346 e. The lowest BCUT2D eigenvalue weighted by molar-refractivity contribution is -0.124. The van der Waals surface area contributed by atoms with Gasteiger partial charge in [-0.15, -0.1) is 0 Å². The number of rotatable bonds is 11. The Kier molecular flexibility index (Phi) is 8.12. The number of carbonyl (C=O) groups excluding carboxylic acids is 2. The standard InChI is InChI=1S/C31H40FN5O2/c1-4-22(38)8-6-5-7-9-26(36-30(39)24-18-31(24)12-14-37(3)15-13-31)29-33-19-28(35-29)23-16-21-11-10-20(2)34-27(21)17-25(23)32/h10-11,16-17,19,24,26H,4-9,12-15,18H2,1-3H3,(H,33,35)(H,36,39)/t24?,26-/m0/s1. The Morgan fingerprint density at radius 3 is 2.77 bits per heavy atom. The van der Waals surface area contributed by atoms with E-state index in [9.17, 15) is 9.59 Å². The highest BCUT2D eigenvalue weighted by atomic mass is 19.1. The third-order valence-electron chi connectivity index (χ3n) is 8.78. The van der Waals surface area contributed by atoms with E-state index in [0.29, 0.717) is 41.9 Å². The molecule has 1 saturated heterocycles. The Bertz CT molecular complexity index is 1340. The fraction of sp³-hybridized carbons (Fsp3) is 0.548. The maximum atomic E-state index is 15.1. The van der Waals surface area contributed by atoms with Crippen molar-refractivity contribution in [2.24, 2.45) is 11.3 Å². The van der Waals surface area contributed by atoms with Gasteiger partial charge in [-0.05, 0) is 76.7 Å². The molecule has 1 aromatic carbocycles. The zero-order valence-corrected chi connectivity index (χ0v) is 23.4. The average Bonchev–Trinajstić information content (AvgIpc) is 3.40. The van der Waals surface area contributed by atoms with E-state index in [1.165, 1.54) is 6.07 Å². The maximum Gasteiger partial charge on any atom is 0.224 e. The van der Waals surface area contributed by atoms with Crippen molar-refractivity contribution in [3.05, 3.63) is 47.8 Å². The third-order valence-corrected chi connectivity index (χ3v) is 8.78. The van der Waals surface area contributed by atoms with Gasteiger partial charge in [0.15, 0.2) is 0 Å². The quantitative estimate of drug-likeness (QED) is 0.300. The molecule has 5 rings (SSSR count). The number of nitrogens with one attached hydrogen (secondary N) is 2. The van der Waals surface area contributed by atoms with Crippen molar-refractivity contribution in [2.75, 3.05) is 20.1 Å². The number of aromatic amines is 1. The highest BCUT2D eigenvalue weighted by Gasteiger charge is 2.58. The first-order valence-electron chi connectivity index (χ1n) is 14.4. The topological polar surface area (TPSA) is 91.0 Å². The molecule has 208 valence electrons. The monoisotopic (exact) mass is 533 g/mol. The van der Waals surface area contributed by atoms with Gasteiger partial charge in [-0.2, -0.15) is 0 Å². The molecule has 1 saturated carbocycles. The fourth-order valence-corrected chi connectivity index (χ4v) is 6.01. The second-order valence-corrected chi connectivity index (χ2v) is 11.6. The molecule has 1 unspecified atom stereocenters. The van der Waals surface area contributed by atoms with Gasteiger partial charge in [-0.1, -0.05) is 25.8 Å². The molecule has 1 amide bonds.